The molecule has 0 bridgehead atoms. The highest BCUT2D eigenvalue weighted by molar-refractivity contribution is 6.03. The molecule has 0 saturated heterocycles. The molecule has 6 nitrogen and oxygen atoms in total. The van der Waals surface area contributed by atoms with E-state index in [4.69, 9.17) is 9.15 Å². The van der Waals surface area contributed by atoms with Gasteiger partial charge in [-0.25, -0.2) is 4.79 Å². The van der Waals surface area contributed by atoms with Gasteiger partial charge in [-0.15, -0.1) is 0 Å². The van der Waals surface area contributed by atoms with E-state index >= 15 is 0 Å². The number of esters is 1. The molecule has 1 unspecified atom stereocenters. The zero-order valence-corrected chi connectivity index (χ0v) is 18.2. The van der Waals surface area contributed by atoms with Gasteiger partial charge in [0.1, 0.15) is 11.3 Å². The Morgan fingerprint density at radius 1 is 1.17 bits per heavy atom. The third-order valence-electron chi connectivity index (χ3n) is 5.46. The van der Waals surface area contributed by atoms with Gasteiger partial charge in [-0.05, 0) is 47.1 Å². The largest absolute Gasteiger partial charge is 0.461 e. The Kier molecular flexibility index (Phi) is 5.97. The summed E-state index contributed by atoms with van der Waals surface area (Å²) in [7, 11) is 0. The molecular formula is C24H27NO5. The Hall–Kier alpha value is -3.15. The maximum Gasteiger partial charge on any atom is 0.337 e. The number of hydrogen-bond donors (Lipinski definition) is 1. The number of carbonyl (C=O) groups is 2. The van der Waals surface area contributed by atoms with Gasteiger partial charge in [-0.1, -0.05) is 19.1 Å². The molecule has 1 N–H and O–H groups in total. The molecule has 2 heterocycles. The minimum atomic E-state index is -0.700. The molecule has 6 heteroatoms. The quantitative estimate of drug-likeness (QED) is 0.743. The van der Waals surface area contributed by atoms with Crippen LogP contribution in [0.4, 0.5) is 0 Å². The second-order valence-electron chi connectivity index (χ2n) is 7.76. The van der Waals surface area contributed by atoms with E-state index in [2.05, 4.69) is 5.32 Å². The summed E-state index contributed by atoms with van der Waals surface area (Å²) in [6, 6.07) is 6.65. The molecule has 0 radical (unpaired) electrons. The highest BCUT2D eigenvalue weighted by Gasteiger charge is 2.37. The van der Waals surface area contributed by atoms with Crippen LogP contribution in [0.15, 0.2) is 56.0 Å². The second kappa shape index (κ2) is 8.30. The first kappa shape index (κ1) is 21.6. The number of carbonyl (C=O) groups excluding carboxylic acids is 2. The Morgan fingerprint density at radius 3 is 2.47 bits per heavy atom. The van der Waals surface area contributed by atoms with Crippen molar-refractivity contribution in [1.29, 1.82) is 0 Å². The van der Waals surface area contributed by atoms with Crippen LogP contribution in [0, 0.1) is 6.92 Å². The van der Waals surface area contributed by atoms with E-state index in [-0.39, 0.29) is 17.3 Å². The molecule has 2 atom stereocenters. The lowest BCUT2D eigenvalue weighted by Gasteiger charge is -2.31. The predicted octanol–water partition coefficient (Wildman–Crippen LogP) is 4.27. The van der Waals surface area contributed by atoms with Gasteiger partial charge in [-0.2, -0.15) is 0 Å². The van der Waals surface area contributed by atoms with E-state index in [1.807, 2.05) is 13.8 Å². The summed E-state index contributed by atoms with van der Waals surface area (Å²) in [5.41, 5.74) is 2.88. The first-order chi connectivity index (χ1) is 14.1. The van der Waals surface area contributed by atoms with Crippen molar-refractivity contribution in [2.24, 2.45) is 0 Å². The van der Waals surface area contributed by atoms with Gasteiger partial charge in [0.25, 0.3) is 0 Å². The highest BCUT2D eigenvalue weighted by atomic mass is 16.5. The van der Waals surface area contributed by atoms with Crippen LogP contribution >= 0.6 is 0 Å². The van der Waals surface area contributed by atoms with Crippen LogP contribution in [-0.4, -0.2) is 17.9 Å². The molecular weight excluding hydrogens is 382 g/mol. The monoisotopic (exact) mass is 409 g/mol. The molecule has 1 aromatic heterocycles. The molecule has 158 valence electrons. The summed E-state index contributed by atoms with van der Waals surface area (Å²) in [5.74, 6) is -0.895. The SMILES string of the molecule is CCC(C)OC(=O)C1=C(C)NC(C)=C(C(C)=O)[C@H]1c1cccc2c(=O)cc(C)oc12. The molecule has 0 amide bonds. The van der Waals surface area contributed by atoms with Crippen molar-refractivity contribution >= 4 is 22.7 Å². The fourth-order valence-corrected chi connectivity index (χ4v) is 3.92. The highest BCUT2D eigenvalue weighted by Crippen LogP contribution is 2.41. The molecule has 0 spiro atoms. The first-order valence-corrected chi connectivity index (χ1v) is 10.1. The maximum atomic E-state index is 13.2. The minimum absolute atomic E-state index is 0.168. The number of allylic oxidation sites excluding steroid dienone is 3. The number of nitrogens with one attached hydrogen (secondary N) is 1. The summed E-state index contributed by atoms with van der Waals surface area (Å²) in [6.07, 6.45) is 0.409. The number of dihydropyridines is 1. The van der Waals surface area contributed by atoms with Crippen LogP contribution in [0.5, 0.6) is 0 Å². The van der Waals surface area contributed by atoms with Gasteiger partial charge < -0.3 is 14.5 Å². The molecule has 0 fully saturated rings. The van der Waals surface area contributed by atoms with Crippen LogP contribution in [0.1, 0.15) is 58.3 Å². The fraction of sp³-hybridized carbons (Fsp3) is 0.375. The number of ketones is 1. The molecule has 1 aliphatic heterocycles. The van der Waals surface area contributed by atoms with E-state index in [0.29, 0.717) is 51.3 Å². The fourth-order valence-electron chi connectivity index (χ4n) is 3.92. The summed E-state index contributed by atoms with van der Waals surface area (Å²) >= 11 is 0. The number of Topliss-reactive ketones (excluding diaryl/α,β-unsaturated/α-hetero) is 1. The molecule has 1 aliphatic rings. The molecule has 2 aromatic rings. The van der Waals surface area contributed by atoms with Crippen LogP contribution in [0.2, 0.25) is 0 Å². The molecule has 0 saturated carbocycles. The molecule has 0 aliphatic carbocycles. The van der Waals surface area contributed by atoms with Crippen molar-refractivity contribution in [3.63, 3.8) is 0 Å². The van der Waals surface area contributed by atoms with Crippen molar-refractivity contribution in [3.05, 3.63) is 68.4 Å². The Balaban J connectivity index is 2.32. The minimum Gasteiger partial charge on any atom is -0.461 e. The zero-order chi connectivity index (χ0) is 22.2. The van der Waals surface area contributed by atoms with Gasteiger partial charge in [0.2, 0.25) is 0 Å². The average Bonchev–Trinajstić information content (AvgIpc) is 2.66. The van der Waals surface area contributed by atoms with Crippen LogP contribution in [0.25, 0.3) is 11.0 Å². The third kappa shape index (κ3) is 3.82. The number of fused-ring (bicyclic) bond motifs is 1. The number of rotatable bonds is 5. The lowest BCUT2D eigenvalue weighted by atomic mass is 9.78. The van der Waals surface area contributed by atoms with E-state index < -0.39 is 11.9 Å². The Labute approximate surface area is 175 Å². The molecule has 30 heavy (non-hydrogen) atoms. The van der Waals surface area contributed by atoms with Crippen LogP contribution in [-0.2, 0) is 14.3 Å². The van der Waals surface area contributed by atoms with E-state index in [1.165, 1.54) is 13.0 Å². The summed E-state index contributed by atoms with van der Waals surface area (Å²) in [4.78, 5) is 38.3. The lowest BCUT2D eigenvalue weighted by Crippen LogP contribution is -2.32. The van der Waals surface area contributed by atoms with Crippen molar-refractivity contribution in [3.8, 4) is 0 Å². The van der Waals surface area contributed by atoms with Crippen molar-refractivity contribution < 1.29 is 18.7 Å². The number of benzene rings is 1. The maximum absolute atomic E-state index is 13.2. The van der Waals surface area contributed by atoms with E-state index in [0.717, 1.165) is 0 Å². The Bertz CT molecular complexity index is 1150. The van der Waals surface area contributed by atoms with Gasteiger partial charge in [0.05, 0.1) is 23.0 Å². The number of para-hydroxylation sites is 1. The Morgan fingerprint density at radius 2 is 1.83 bits per heavy atom. The summed E-state index contributed by atoms with van der Waals surface area (Å²) in [6.45, 7) is 10.5. The second-order valence-corrected chi connectivity index (χ2v) is 7.76. The number of hydrogen-bond acceptors (Lipinski definition) is 6. The standard InChI is InChI=1S/C24H27NO5/c1-7-12(2)30-24(28)21-15(5)25-14(4)20(16(6)26)22(21)18-10-8-9-17-19(27)11-13(3)29-23(17)18/h8-12,22,25H,7H2,1-6H3/t12?,22-/m1/s1. The number of aryl methyl sites for hydroxylation is 1. The van der Waals surface area contributed by atoms with Gasteiger partial charge in [0.15, 0.2) is 11.2 Å². The van der Waals surface area contributed by atoms with Gasteiger partial charge >= 0.3 is 5.97 Å². The van der Waals surface area contributed by atoms with E-state index in [9.17, 15) is 14.4 Å². The van der Waals surface area contributed by atoms with Crippen LogP contribution < -0.4 is 10.7 Å². The smallest absolute Gasteiger partial charge is 0.337 e. The van der Waals surface area contributed by atoms with Crippen LogP contribution in [0.3, 0.4) is 0 Å². The molecule has 3 rings (SSSR count). The lowest BCUT2D eigenvalue weighted by molar-refractivity contribution is -0.143. The van der Waals surface area contributed by atoms with E-state index in [1.54, 1.807) is 39.0 Å². The van der Waals surface area contributed by atoms with Crippen molar-refractivity contribution in [1.82, 2.24) is 5.32 Å². The predicted molar refractivity (Wildman–Crippen MR) is 115 cm³/mol. The average molecular weight is 409 g/mol. The molecule has 1 aromatic carbocycles. The van der Waals surface area contributed by atoms with Crippen molar-refractivity contribution in [2.45, 2.75) is 60.0 Å². The topological polar surface area (TPSA) is 85.6 Å². The van der Waals surface area contributed by atoms with Gasteiger partial charge in [-0.3, -0.25) is 9.59 Å². The third-order valence-corrected chi connectivity index (χ3v) is 5.46. The normalized spacial score (nSPS) is 17.7. The van der Waals surface area contributed by atoms with Gasteiger partial charge in [0, 0.05) is 28.6 Å². The zero-order valence-electron chi connectivity index (χ0n) is 18.2. The number of ether oxygens (including phenoxy) is 1. The summed E-state index contributed by atoms with van der Waals surface area (Å²) in [5, 5.41) is 3.56. The van der Waals surface area contributed by atoms with Crippen molar-refractivity contribution in [2.75, 3.05) is 0 Å². The first-order valence-electron chi connectivity index (χ1n) is 10.1. The summed E-state index contributed by atoms with van der Waals surface area (Å²) < 4.78 is 11.5.